The molecule has 0 amide bonds. The highest BCUT2D eigenvalue weighted by atomic mass is 127. The Labute approximate surface area is 164 Å². The van der Waals surface area contributed by atoms with Crippen molar-refractivity contribution in [2.24, 2.45) is 4.99 Å². The molecule has 0 atom stereocenters. The number of hydrogen-bond acceptors (Lipinski definition) is 3. The van der Waals surface area contributed by atoms with Crippen LogP contribution in [-0.2, 0) is 13.1 Å². The highest BCUT2D eigenvalue weighted by Crippen LogP contribution is 2.23. The Bertz CT molecular complexity index is 652. The molecule has 130 valence electrons. The van der Waals surface area contributed by atoms with Crippen molar-refractivity contribution in [2.75, 3.05) is 13.7 Å². The number of benzene rings is 1. The normalized spacial score (nSPS) is 10.7. The summed E-state index contributed by atoms with van der Waals surface area (Å²) in [6.07, 6.45) is 1.77. The van der Waals surface area contributed by atoms with Crippen LogP contribution in [0.5, 0.6) is 5.75 Å². The van der Waals surface area contributed by atoms with E-state index in [0.29, 0.717) is 30.7 Å². The van der Waals surface area contributed by atoms with Crippen molar-refractivity contribution >= 4 is 41.5 Å². The van der Waals surface area contributed by atoms with Gasteiger partial charge in [-0.05, 0) is 31.2 Å². The molecular formula is C17H22ClIN4O. The standard InChI is InChI=1S/C17H21ClN4O.HI/c1-3-23-16-10-14(18)8-7-13(16)11-21-17(19-2)22-12-15-6-4-5-9-20-15;/h4-10H,3,11-12H2,1-2H3,(H2,19,21,22);1H. The number of ether oxygens (including phenoxy) is 1. The molecule has 0 unspecified atom stereocenters. The molecule has 1 aromatic carbocycles. The lowest BCUT2D eigenvalue weighted by Gasteiger charge is -2.14. The molecule has 0 aliphatic carbocycles. The van der Waals surface area contributed by atoms with Gasteiger partial charge in [-0.2, -0.15) is 0 Å². The van der Waals surface area contributed by atoms with Crippen LogP contribution in [0.2, 0.25) is 5.02 Å². The largest absolute Gasteiger partial charge is 0.493 e. The van der Waals surface area contributed by atoms with Crippen LogP contribution in [0.1, 0.15) is 18.2 Å². The summed E-state index contributed by atoms with van der Waals surface area (Å²) in [6.45, 7) is 3.75. The lowest BCUT2D eigenvalue weighted by molar-refractivity contribution is 0.336. The summed E-state index contributed by atoms with van der Waals surface area (Å²) in [5.41, 5.74) is 1.98. The molecule has 5 nitrogen and oxygen atoms in total. The number of guanidine groups is 1. The SMILES string of the molecule is CCOc1cc(Cl)ccc1CNC(=NC)NCc1ccccn1.I. The smallest absolute Gasteiger partial charge is 0.191 e. The lowest BCUT2D eigenvalue weighted by atomic mass is 10.2. The molecule has 2 N–H and O–H groups in total. The summed E-state index contributed by atoms with van der Waals surface area (Å²) >= 11 is 6.02. The molecule has 1 aromatic heterocycles. The maximum Gasteiger partial charge on any atom is 0.191 e. The second-order valence-electron chi connectivity index (χ2n) is 4.79. The Balaban J connectivity index is 0.00000288. The van der Waals surface area contributed by atoms with Crippen molar-refractivity contribution in [1.29, 1.82) is 0 Å². The topological polar surface area (TPSA) is 58.5 Å². The Hall–Kier alpha value is -1.54. The third-order valence-electron chi connectivity index (χ3n) is 3.16. The zero-order chi connectivity index (χ0) is 16.5. The number of aliphatic imine (C=N–C) groups is 1. The van der Waals surface area contributed by atoms with Crippen molar-refractivity contribution in [2.45, 2.75) is 20.0 Å². The van der Waals surface area contributed by atoms with E-state index in [9.17, 15) is 0 Å². The Morgan fingerprint density at radius 1 is 1.21 bits per heavy atom. The molecule has 0 saturated carbocycles. The van der Waals surface area contributed by atoms with Gasteiger partial charge in [0.05, 0.1) is 18.8 Å². The van der Waals surface area contributed by atoms with Crippen LogP contribution in [0.15, 0.2) is 47.6 Å². The molecule has 0 fully saturated rings. The summed E-state index contributed by atoms with van der Waals surface area (Å²) in [4.78, 5) is 8.48. The van der Waals surface area contributed by atoms with Crippen molar-refractivity contribution in [3.63, 3.8) is 0 Å². The molecule has 2 rings (SSSR count). The van der Waals surface area contributed by atoms with Gasteiger partial charge < -0.3 is 15.4 Å². The van der Waals surface area contributed by atoms with Crippen molar-refractivity contribution in [1.82, 2.24) is 15.6 Å². The number of pyridine rings is 1. The van der Waals surface area contributed by atoms with Crippen molar-refractivity contribution < 1.29 is 4.74 Å². The van der Waals surface area contributed by atoms with E-state index in [1.807, 2.05) is 43.3 Å². The lowest BCUT2D eigenvalue weighted by Crippen LogP contribution is -2.36. The monoisotopic (exact) mass is 460 g/mol. The van der Waals surface area contributed by atoms with E-state index in [2.05, 4.69) is 20.6 Å². The van der Waals surface area contributed by atoms with E-state index in [1.165, 1.54) is 0 Å². The van der Waals surface area contributed by atoms with E-state index >= 15 is 0 Å². The number of aromatic nitrogens is 1. The Kier molecular flexibility index (Phi) is 9.48. The highest BCUT2D eigenvalue weighted by Gasteiger charge is 2.06. The number of rotatable bonds is 6. The molecule has 0 aliphatic heterocycles. The molecule has 7 heteroatoms. The quantitative estimate of drug-likeness (QED) is 0.393. The van der Waals surface area contributed by atoms with Crippen LogP contribution >= 0.6 is 35.6 Å². The van der Waals surface area contributed by atoms with Crippen molar-refractivity contribution in [3.8, 4) is 5.75 Å². The third kappa shape index (κ3) is 6.52. The van der Waals surface area contributed by atoms with Crippen LogP contribution in [-0.4, -0.2) is 24.6 Å². The maximum atomic E-state index is 6.02. The molecule has 0 radical (unpaired) electrons. The summed E-state index contributed by atoms with van der Waals surface area (Å²) in [7, 11) is 1.74. The maximum absolute atomic E-state index is 6.02. The number of hydrogen-bond donors (Lipinski definition) is 2. The number of nitrogens with zero attached hydrogens (tertiary/aromatic N) is 2. The molecule has 0 bridgehead atoms. The Morgan fingerprint density at radius 2 is 2.00 bits per heavy atom. The fourth-order valence-corrected chi connectivity index (χ4v) is 2.20. The molecular weight excluding hydrogens is 439 g/mol. The van der Waals surface area contributed by atoms with Crippen molar-refractivity contribution in [3.05, 3.63) is 58.9 Å². The predicted octanol–water partition coefficient (Wildman–Crippen LogP) is 3.62. The number of nitrogens with one attached hydrogen (secondary N) is 2. The van der Waals surface area contributed by atoms with E-state index < -0.39 is 0 Å². The van der Waals surface area contributed by atoms with E-state index in [0.717, 1.165) is 17.0 Å². The van der Waals surface area contributed by atoms with Gasteiger partial charge in [-0.15, -0.1) is 24.0 Å². The average Bonchev–Trinajstić information content (AvgIpc) is 2.58. The fourth-order valence-electron chi connectivity index (χ4n) is 2.04. The Morgan fingerprint density at radius 3 is 2.67 bits per heavy atom. The molecule has 1 heterocycles. The van der Waals surface area contributed by atoms with Gasteiger partial charge in [-0.25, -0.2) is 0 Å². The molecule has 0 saturated heterocycles. The first kappa shape index (κ1) is 20.5. The van der Waals surface area contributed by atoms with Gasteiger partial charge in [0.15, 0.2) is 5.96 Å². The van der Waals surface area contributed by atoms with E-state index in [4.69, 9.17) is 16.3 Å². The minimum absolute atomic E-state index is 0. The summed E-state index contributed by atoms with van der Waals surface area (Å²) in [5.74, 6) is 1.49. The van der Waals surface area contributed by atoms with Gasteiger partial charge >= 0.3 is 0 Å². The number of halogens is 2. The van der Waals surface area contributed by atoms with Crippen LogP contribution in [0, 0.1) is 0 Å². The second-order valence-corrected chi connectivity index (χ2v) is 5.22. The summed E-state index contributed by atoms with van der Waals surface area (Å²) in [6, 6.07) is 11.4. The van der Waals surface area contributed by atoms with Gasteiger partial charge in [0.1, 0.15) is 5.75 Å². The van der Waals surface area contributed by atoms with Gasteiger partial charge in [0.25, 0.3) is 0 Å². The van der Waals surface area contributed by atoms with Gasteiger partial charge in [-0.3, -0.25) is 9.98 Å². The van der Waals surface area contributed by atoms with Crippen LogP contribution in [0.4, 0.5) is 0 Å². The zero-order valence-corrected chi connectivity index (χ0v) is 16.8. The van der Waals surface area contributed by atoms with Gasteiger partial charge in [-0.1, -0.05) is 23.7 Å². The van der Waals surface area contributed by atoms with Crippen LogP contribution < -0.4 is 15.4 Å². The average molecular weight is 461 g/mol. The molecule has 2 aromatic rings. The highest BCUT2D eigenvalue weighted by molar-refractivity contribution is 14.0. The molecule has 0 spiro atoms. The minimum Gasteiger partial charge on any atom is -0.493 e. The van der Waals surface area contributed by atoms with Gasteiger partial charge in [0.2, 0.25) is 0 Å². The first-order valence-electron chi connectivity index (χ1n) is 7.48. The van der Waals surface area contributed by atoms with Gasteiger partial charge in [0, 0.05) is 30.4 Å². The zero-order valence-electron chi connectivity index (χ0n) is 13.8. The predicted molar refractivity (Wildman–Crippen MR) is 109 cm³/mol. The second kappa shape index (κ2) is 11.1. The van der Waals surface area contributed by atoms with Crippen LogP contribution in [0.25, 0.3) is 0 Å². The first-order valence-corrected chi connectivity index (χ1v) is 7.86. The minimum atomic E-state index is 0. The summed E-state index contributed by atoms with van der Waals surface area (Å²) in [5, 5.41) is 7.15. The van der Waals surface area contributed by atoms with E-state index in [-0.39, 0.29) is 24.0 Å². The molecule has 0 aliphatic rings. The third-order valence-corrected chi connectivity index (χ3v) is 3.40. The molecule has 24 heavy (non-hydrogen) atoms. The van der Waals surface area contributed by atoms with Crippen LogP contribution in [0.3, 0.4) is 0 Å². The summed E-state index contributed by atoms with van der Waals surface area (Å²) < 4.78 is 5.62. The fraction of sp³-hybridized carbons (Fsp3) is 0.294. The van der Waals surface area contributed by atoms with E-state index in [1.54, 1.807) is 13.2 Å². The first-order chi connectivity index (χ1) is 11.2.